The molecule has 0 heterocycles. The molecule has 0 spiro atoms. The van der Waals surface area contributed by atoms with E-state index in [1.165, 1.54) is 31.7 Å². The molecule has 2 aliphatic carbocycles. The van der Waals surface area contributed by atoms with Crippen LogP contribution in [-0.4, -0.2) is 23.8 Å². The summed E-state index contributed by atoms with van der Waals surface area (Å²) in [6, 6.07) is 3.91. The van der Waals surface area contributed by atoms with Gasteiger partial charge < -0.3 is 15.2 Å². The van der Waals surface area contributed by atoms with Gasteiger partial charge in [0.1, 0.15) is 0 Å². The standard InChI is InChI=1S/C32H49NO5/c1-19(2)14-24-16-21(24)9-12-28(34)37-26-11-8-23(30(36)31(33)32(5,6)7)18-27(26)38-29(35)13-10-22-17-25(22)15-20(3)4/h8,11,18-22,24-25,31H,9-10,12-17,33H2,1-7H3. The Bertz CT molecular complexity index is 992. The summed E-state index contributed by atoms with van der Waals surface area (Å²) in [5.41, 5.74) is 6.12. The highest BCUT2D eigenvalue weighted by Crippen LogP contribution is 2.47. The lowest BCUT2D eigenvalue weighted by atomic mass is 9.83. The molecule has 6 heteroatoms. The highest BCUT2D eigenvalue weighted by molar-refractivity contribution is 6.01. The third-order valence-corrected chi connectivity index (χ3v) is 8.02. The van der Waals surface area contributed by atoms with E-state index >= 15 is 0 Å². The Balaban J connectivity index is 1.64. The van der Waals surface area contributed by atoms with Crippen molar-refractivity contribution in [3.05, 3.63) is 23.8 Å². The molecule has 0 saturated heterocycles. The quantitative estimate of drug-likeness (QED) is 0.159. The third-order valence-electron chi connectivity index (χ3n) is 8.02. The maximum atomic E-state index is 13.0. The molecule has 2 aliphatic rings. The van der Waals surface area contributed by atoms with Crippen molar-refractivity contribution in [2.45, 2.75) is 106 Å². The summed E-state index contributed by atoms with van der Waals surface area (Å²) < 4.78 is 11.3. The average molecular weight is 528 g/mol. The molecule has 2 fully saturated rings. The Morgan fingerprint density at radius 1 is 0.816 bits per heavy atom. The minimum absolute atomic E-state index is 0.106. The van der Waals surface area contributed by atoms with Crippen molar-refractivity contribution in [1.29, 1.82) is 0 Å². The molecule has 212 valence electrons. The first-order chi connectivity index (χ1) is 17.7. The molecule has 2 N–H and O–H groups in total. The van der Waals surface area contributed by atoms with Crippen LogP contribution >= 0.6 is 0 Å². The van der Waals surface area contributed by atoms with Gasteiger partial charge in [-0.15, -0.1) is 0 Å². The van der Waals surface area contributed by atoms with Crippen LogP contribution in [0.1, 0.15) is 110 Å². The SMILES string of the molecule is CC(C)CC1CC1CCC(=O)Oc1ccc(C(=O)C(N)C(C)(C)C)cc1OC(=O)CCC1CC1CC(C)C. The number of carbonyl (C=O) groups is 3. The fraction of sp³-hybridized carbons (Fsp3) is 0.719. The lowest BCUT2D eigenvalue weighted by molar-refractivity contribution is -0.137. The van der Waals surface area contributed by atoms with Crippen LogP contribution in [0.15, 0.2) is 18.2 Å². The lowest BCUT2D eigenvalue weighted by Gasteiger charge is -2.25. The highest BCUT2D eigenvalue weighted by atomic mass is 16.6. The summed E-state index contributed by atoms with van der Waals surface area (Å²) in [6.07, 6.45) is 6.95. The first-order valence-electron chi connectivity index (χ1n) is 14.6. The van der Waals surface area contributed by atoms with Gasteiger partial charge in [-0.05, 0) is 97.6 Å². The van der Waals surface area contributed by atoms with Gasteiger partial charge in [-0.3, -0.25) is 14.4 Å². The van der Waals surface area contributed by atoms with Crippen molar-refractivity contribution in [2.24, 2.45) is 46.7 Å². The number of rotatable bonds is 14. The third kappa shape index (κ3) is 9.21. The molecule has 0 aromatic heterocycles. The van der Waals surface area contributed by atoms with Crippen LogP contribution in [0.4, 0.5) is 0 Å². The zero-order valence-corrected chi connectivity index (χ0v) is 24.5. The summed E-state index contributed by atoms with van der Waals surface area (Å²) in [6.45, 7) is 14.6. The normalized spacial score (nSPS) is 23.3. The van der Waals surface area contributed by atoms with Crippen molar-refractivity contribution in [2.75, 3.05) is 0 Å². The number of carbonyl (C=O) groups excluding carboxylic acids is 3. The van der Waals surface area contributed by atoms with Crippen LogP contribution in [0.2, 0.25) is 0 Å². The molecule has 6 nitrogen and oxygen atoms in total. The van der Waals surface area contributed by atoms with Crippen molar-refractivity contribution in [3.63, 3.8) is 0 Å². The van der Waals surface area contributed by atoms with E-state index in [0.717, 1.165) is 12.8 Å². The van der Waals surface area contributed by atoms with Crippen LogP contribution in [-0.2, 0) is 9.59 Å². The molecule has 0 aliphatic heterocycles. The Kier molecular flexibility index (Phi) is 10.2. The van der Waals surface area contributed by atoms with Crippen molar-refractivity contribution >= 4 is 17.7 Å². The molecule has 1 aromatic rings. The van der Waals surface area contributed by atoms with Crippen molar-refractivity contribution in [3.8, 4) is 11.5 Å². The summed E-state index contributed by atoms with van der Waals surface area (Å²) in [5.74, 6) is 3.20. The van der Waals surface area contributed by atoms with Gasteiger partial charge in [0.25, 0.3) is 0 Å². The second-order valence-electron chi connectivity index (χ2n) is 13.7. The second kappa shape index (κ2) is 12.8. The van der Waals surface area contributed by atoms with Crippen LogP contribution < -0.4 is 15.2 Å². The number of nitrogens with two attached hydrogens (primary N) is 1. The molecule has 1 aromatic carbocycles. The lowest BCUT2D eigenvalue weighted by Crippen LogP contribution is -2.42. The first-order valence-corrected chi connectivity index (χ1v) is 14.6. The van der Waals surface area contributed by atoms with Gasteiger partial charge in [-0.1, -0.05) is 48.5 Å². The molecule has 0 bridgehead atoms. The summed E-state index contributed by atoms with van der Waals surface area (Å²) in [7, 11) is 0. The topological polar surface area (TPSA) is 95.7 Å². The first kappa shape index (κ1) is 30.3. The van der Waals surface area contributed by atoms with Gasteiger partial charge in [0.05, 0.1) is 6.04 Å². The van der Waals surface area contributed by atoms with Gasteiger partial charge in [0.2, 0.25) is 0 Å². The maximum Gasteiger partial charge on any atom is 0.311 e. The fourth-order valence-corrected chi connectivity index (χ4v) is 5.47. The number of Topliss-reactive ketones (excluding diaryl/α,β-unsaturated/α-hetero) is 1. The van der Waals surface area contributed by atoms with Gasteiger partial charge in [0, 0.05) is 18.4 Å². The largest absolute Gasteiger partial charge is 0.423 e. The molecule has 5 atom stereocenters. The molecule has 2 saturated carbocycles. The minimum atomic E-state index is -0.718. The molecule has 38 heavy (non-hydrogen) atoms. The van der Waals surface area contributed by atoms with E-state index in [4.69, 9.17) is 15.2 Å². The predicted molar refractivity (Wildman–Crippen MR) is 150 cm³/mol. The molecule has 3 rings (SSSR count). The van der Waals surface area contributed by atoms with Crippen molar-refractivity contribution in [1.82, 2.24) is 0 Å². The minimum Gasteiger partial charge on any atom is -0.423 e. The van der Waals surface area contributed by atoms with Gasteiger partial charge in [-0.25, -0.2) is 0 Å². The number of ether oxygens (including phenoxy) is 2. The van der Waals surface area contributed by atoms with E-state index in [-0.39, 0.29) is 29.2 Å². The van der Waals surface area contributed by atoms with Crippen LogP contribution in [0.5, 0.6) is 11.5 Å². The summed E-state index contributed by atoms with van der Waals surface area (Å²) in [4.78, 5) is 38.5. The van der Waals surface area contributed by atoms with E-state index in [1.807, 2.05) is 20.8 Å². The van der Waals surface area contributed by atoms with Gasteiger partial charge >= 0.3 is 11.9 Å². The molecule has 0 amide bonds. The van der Waals surface area contributed by atoms with Gasteiger partial charge in [-0.2, -0.15) is 0 Å². The number of hydrogen-bond acceptors (Lipinski definition) is 6. The smallest absolute Gasteiger partial charge is 0.311 e. The Morgan fingerprint density at radius 3 is 1.74 bits per heavy atom. The number of ketones is 1. The van der Waals surface area contributed by atoms with E-state index in [1.54, 1.807) is 12.1 Å². The molecular formula is C32H49NO5. The zero-order chi connectivity index (χ0) is 28.2. The highest BCUT2D eigenvalue weighted by Gasteiger charge is 2.38. The zero-order valence-electron chi connectivity index (χ0n) is 24.5. The molecule has 0 radical (unpaired) electrons. The Labute approximate surface area is 229 Å². The molecule has 5 unspecified atom stereocenters. The van der Waals surface area contributed by atoms with Crippen LogP contribution in [0.3, 0.4) is 0 Å². The maximum absolute atomic E-state index is 13.0. The number of hydrogen-bond donors (Lipinski definition) is 1. The number of benzene rings is 1. The Hall–Kier alpha value is -2.21. The second-order valence-corrected chi connectivity index (χ2v) is 13.7. The van der Waals surface area contributed by atoms with E-state index < -0.39 is 11.5 Å². The number of esters is 2. The summed E-state index contributed by atoms with van der Waals surface area (Å²) in [5, 5.41) is 0. The summed E-state index contributed by atoms with van der Waals surface area (Å²) >= 11 is 0. The fourth-order valence-electron chi connectivity index (χ4n) is 5.47. The average Bonchev–Trinajstić information content (AvgIpc) is 3.73. The Morgan fingerprint density at radius 2 is 1.29 bits per heavy atom. The van der Waals surface area contributed by atoms with Crippen LogP contribution in [0, 0.1) is 40.9 Å². The van der Waals surface area contributed by atoms with Crippen LogP contribution in [0.25, 0.3) is 0 Å². The monoisotopic (exact) mass is 527 g/mol. The van der Waals surface area contributed by atoms with E-state index in [9.17, 15) is 14.4 Å². The van der Waals surface area contributed by atoms with E-state index in [0.29, 0.717) is 53.9 Å². The van der Waals surface area contributed by atoms with Crippen molar-refractivity contribution < 1.29 is 23.9 Å². The van der Waals surface area contributed by atoms with Gasteiger partial charge in [0.15, 0.2) is 17.3 Å². The molecular weight excluding hydrogens is 478 g/mol. The van der Waals surface area contributed by atoms with E-state index in [2.05, 4.69) is 27.7 Å². The predicted octanol–water partition coefficient (Wildman–Crippen LogP) is 6.98.